The molecule has 0 amide bonds. The Morgan fingerprint density at radius 2 is 1.38 bits per heavy atom. The summed E-state index contributed by atoms with van der Waals surface area (Å²) in [7, 11) is 0. The molecule has 0 spiro atoms. The van der Waals surface area contributed by atoms with E-state index in [-0.39, 0.29) is 0 Å². The molecule has 0 fully saturated rings. The predicted molar refractivity (Wildman–Crippen MR) is 84.2 cm³/mol. The number of hydrogen-bond acceptors (Lipinski definition) is 2. The first-order valence-electron chi connectivity index (χ1n) is 6.43. The SMILES string of the molecule is O=S([O-])Nc1ccc(-c2ccc(-c3ccccc3)[nH]2)cc1. The lowest BCUT2D eigenvalue weighted by Crippen LogP contribution is -2.01. The van der Waals surface area contributed by atoms with E-state index in [1.807, 2.05) is 54.6 Å². The van der Waals surface area contributed by atoms with Crippen molar-refractivity contribution in [2.75, 3.05) is 4.72 Å². The maximum absolute atomic E-state index is 10.6. The van der Waals surface area contributed by atoms with Gasteiger partial charge in [0.2, 0.25) is 0 Å². The molecule has 1 aromatic heterocycles. The molecule has 0 aliphatic carbocycles. The normalized spacial score (nSPS) is 12.0. The Morgan fingerprint density at radius 3 is 1.95 bits per heavy atom. The van der Waals surface area contributed by atoms with Crippen LogP contribution in [0.2, 0.25) is 0 Å². The van der Waals surface area contributed by atoms with Gasteiger partial charge >= 0.3 is 0 Å². The number of nitrogens with one attached hydrogen (secondary N) is 2. The first-order valence-corrected chi connectivity index (χ1v) is 7.51. The van der Waals surface area contributed by atoms with Gasteiger partial charge in [0.25, 0.3) is 0 Å². The van der Waals surface area contributed by atoms with Gasteiger partial charge in [-0.3, -0.25) is 4.21 Å². The third-order valence-electron chi connectivity index (χ3n) is 3.17. The van der Waals surface area contributed by atoms with Crippen LogP contribution in [0.5, 0.6) is 0 Å². The van der Waals surface area contributed by atoms with E-state index in [9.17, 15) is 8.76 Å². The molecule has 2 N–H and O–H groups in total. The van der Waals surface area contributed by atoms with Crippen molar-refractivity contribution in [1.82, 2.24) is 4.98 Å². The molecule has 1 heterocycles. The molecule has 4 nitrogen and oxygen atoms in total. The van der Waals surface area contributed by atoms with Crippen molar-refractivity contribution in [3.63, 3.8) is 0 Å². The van der Waals surface area contributed by atoms with Gasteiger partial charge < -0.3 is 14.3 Å². The molecule has 3 rings (SSSR count). The molecule has 21 heavy (non-hydrogen) atoms. The largest absolute Gasteiger partial charge is 0.755 e. The molecule has 0 bridgehead atoms. The number of benzene rings is 2. The third-order valence-corrected chi connectivity index (χ3v) is 3.57. The molecule has 106 valence electrons. The van der Waals surface area contributed by atoms with Gasteiger partial charge in [0.05, 0.1) is 0 Å². The van der Waals surface area contributed by atoms with Crippen LogP contribution in [0.4, 0.5) is 5.69 Å². The second-order valence-electron chi connectivity index (χ2n) is 4.57. The van der Waals surface area contributed by atoms with Crippen LogP contribution in [-0.2, 0) is 11.3 Å². The Hall–Kier alpha value is -2.37. The molecular formula is C16H13N2O2S-. The van der Waals surface area contributed by atoms with E-state index >= 15 is 0 Å². The van der Waals surface area contributed by atoms with E-state index in [2.05, 4.69) is 9.71 Å². The highest BCUT2D eigenvalue weighted by molar-refractivity contribution is 7.80. The number of aromatic amines is 1. The van der Waals surface area contributed by atoms with Crippen molar-refractivity contribution in [1.29, 1.82) is 0 Å². The number of rotatable bonds is 4. The van der Waals surface area contributed by atoms with E-state index in [1.54, 1.807) is 12.1 Å². The smallest absolute Gasteiger partial charge is 0.0458 e. The predicted octanol–water partition coefficient (Wildman–Crippen LogP) is 3.55. The van der Waals surface area contributed by atoms with Crippen LogP contribution in [0.3, 0.4) is 0 Å². The average Bonchev–Trinajstić information content (AvgIpc) is 2.98. The summed E-state index contributed by atoms with van der Waals surface area (Å²) in [6, 6.07) is 21.3. The average molecular weight is 297 g/mol. The molecule has 5 heteroatoms. The van der Waals surface area contributed by atoms with Crippen molar-refractivity contribution in [2.24, 2.45) is 0 Å². The molecule has 2 aromatic carbocycles. The summed E-state index contributed by atoms with van der Waals surface area (Å²) in [5, 5.41) is 0. The Balaban J connectivity index is 1.85. The van der Waals surface area contributed by atoms with Crippen LogP contribution in [0.1, 0.15) is 0 Å². The van der Waals surface area contributed by atoms with Crippen LogP contribution in [0.15, 0.2) is 66.7 Å². The lowest BCUT2D eigenvalue weighted by Gasteiger charge is -2.08. The summed E-state index contributed by atoms with van der Waals surface area (Å²) >= 11 is -2.30. The standard InChI is InChI=1S/C16H14N2O2S/c19-21(20)18-14-8-6-13(7-9-14)16-11-10-15(17-16)12-4-2-1-3-5-12/h1-11,17-18H,(H,19,20)/p-1. The van der Waals surface area contributed by atoms with Gasteiger partial charge in [-0.1, -0.05) is 42.5 Å². The van der Waals surface area contributed by atoms with Crippen molar-refractivity contribution in [2.45, 2.75) is 0 Å². The lowest BCUT2D eigenvalue weighted by molar-refractivity contribution is 0.542. The molecule has 0 radical (unpaired) electrons. The molecule has 1 unspecified atom stereocenters. The van der Waals surface area contributed by atoms with Crippen LogP contribution >= 0.6 is 0 Å². The zero-order valence-corrected chi connectivity index (χ0v) is 11.9. The van der Waals surface area contributed by atoms with Gasteiger partial charge in [0.1, 0.15) is 0 Å². The molecule has 0 saturated heterocycles. The molecule has 0 aliphatic heterocycles. The molecular weight excluding hydrogens is 284 g/mol. The number of hydrogen-bond donors (Lipinski definition) is 2. The summed E-state index contributed by atoms with van der Waals surface area (Å²) < 4.78 is 23.5. The van der Waals surface area contributed by atoms with Gasteiger partial charge in [-0.05, 0) is 35.4 Å². The summed E-state index contributed by atoms with van der Waals surface area (Å²) in [4.78, 5) is 3.36. The van der Waals surface area contributed by atoms with Crippen molar-refractivity contribution < 1.29 is 8.76 Å². The van der Waals surface area contributed by atoms with E-state index in [0.29, 0.717) is 5.69 Å². The Kier molecular flexibility index (Phi) is 3.85. The quantitative estimate of drug-likeness (QED) is 0.723. The highest BCUT2D eigenvalue weighted by Gasteiger charge is 2.03. The zero-order chi connectivity index (χ0) is 14.7. The van der Waals surface area contributed by atoms with Crippen LogP contribution in [0, 0.1) is 0 Å². The summed E-state index contributed by atoms with van der Waals surface area (Å²) in [6.45, 7) is 0. The van der Waals surface area contributed by atoms with E-state index in [4.69, 9.17) is 0 Å². The fourth-order valence-corrected chi connectivity index (χ4v) is 2.49. The lowest BCUT2D eigenvalue weighted by atomic mass is 10.1. The maximum atomic E-state index is 10.6. The van der Waals surface area contributed by atoms with Gasteiger partial charge in [0.15, 0.2) is 0 Å². The first kappa shape index (κ1) is 13.6. The molecule has 0 saturated carbocycles. The van der Waals surface area contributed by atoms with Gasteiger partial charge in [-0.2, -0.15) is 0 Å². The van der Waals surface area contributed by atoms with Crippen LogP contribution in [-0.4, -0.2) is 13.7 Å². The fourth-order valence-electron chi connectivity index (χ4n) is 2.16. The Morgan fingerprint density at radius 1 is 0.810 bits per heavy atom. The number of H-pyrrole nitrogens is 1. The highest BCUT2D eigenvalue weighted by Crippen LogP contribution is 2.25. The minimum absolute atomic E-state index is 0.543. The van der Waals surface area contributed by atoms with Gasteiger partial charge in [-0.15, -0.1) is 0 Å². The fraction of sp³-hybridized carbons (Fsp3) is 0. The zero-order valence-electron chi connectivity index (χ0n) is 11.1. The van der Waals surface area contributed by atoms with Crippen LogP contribution < -0.4 is 4.72 Å². The molecule has 1 atom stereocenters. The van der Waals surface area contributed by atoms with Crippen molar-refractivity contribution in [3.8, 4) is 22.5 Å². The summed E-state index contributed by atoms with van der Waals surface area (Å²) in [5.41, 5.74) is 4.71. The monoisotopic (exact) mass is 297 g/mol. The highest BCUT2D eigenvalue weighted by atomic mass is 32.2. The van der Waals surface area contributed by atoms with E-state index < -0.39 is 11.3 Å². The van der Waals surface area contributed by atoms with Crippen molar-refractivity contribution >= 4 is 17.0 Å². The minimum Gasteiger partial charge on any atom is -0.755 e. The topological polar surface area (TPSA) is 67.9 Å². The maximum Gasteiger partial charge on any atom is 0.0458 e. The van der Waals surface area contributed by atoms with E-state index in [0.717, 1.165) is 22.5 Å². The second kappa shape index (κ2) is 5.95. The minimum atomic E-state index is -2.30. The Bertz CT molecular complexity index is 751. The summed E-state index contributed by atoms with van der Waals surface area (Å²) in [6.07, 6.45) is 0. The molecule has 0 aliphatic rings. The second-order valence-corrected chi connectivity index (χ2v) is 5.24. The number of aromatic nitrogens is 1. The third kappa shape index (κ3) is 3.21. The summed E-state index contributed by atoms with van der Waals surface area (Å²) in [5.74, 6) is 0. The van der Waals surface area contributed by atoms with Crippen LogP contribution in [0.25, 0.3) is 22.5 Å². The number of anilines is 1. The molecule has 3 aromatic rings. The van der Waals surface area contributed by atoms with E-state index in [1.165, 1.54) is 0 Å². The van der Waals surface area contributed by atoms with Gasteiger partial charge in [-0.25, -0.2) is 0 Å². The Labute approximate surface area is 125 Å². The van der Waals surface area contributed by atoms with Gasteiger partial charge in [0, 0.05) is 28.3 Å². The van der Waals surface area contributed by atoms with Crippen molar-refractivity contribution in [3.05, 3.63) is 66.7 Å². The first-order chi connectivity index (χ1) is 10.2.